The first kappa shape index (κ1) is 13.0. The van der Waals surface area contributed by atoms with E-state index in [1.54, 1.807) is 0 Å². The summed E-state index contributed by atoms with van der Waals surface area (Å²) in [6, 6.07) is 4.55. The molecule has 0 aromatic heterocycles. The van der Waals surface area contributed by atoms with Crippen LogP contribution in [0.3, 0.4) is 0 Å². The lowest BCUT2D eigenvalue weighted by Gasteiger charge is -2.06. The highest BCUT2D eigenvalue weighted by Gasteiger charge is 2.30. The highest BCUT2D eigenvalue weighted by molar-refractivity contribution is 5.81. The minimum atomic E-state index is -4.40. The van der Waals surface area contributed by atoms with Crippen LogP contribution in [0.15, 0.2) is 34.5 Å². The molecule has 1 rings (SSSR count). The molecular weight excluding hydrogens is 237 g/mol. The first-order valence-electron chi connectivity index (χ1n) is 4.37. The number of rotatable bonds is 2. The van der Waals surface area contributed by atoms with E-state index >= 15 is 0 Å². The van der Waals surface area contributed by atoms with Crippen LogP contribution in [0.5, 0.6) is 0 Å². The number of halogens is 3. The number of nitrogens with one attached hydrogen (secondary N) is 1. The lowest BCUT2D eigenvalue weighted by atomic mass is 10.1. The summed E-state index contributed by atoms with van der Waals surface area (Å²) in [5, 5.41) is 14.9. The maximum absolute atomic E-state index is 12.3. The first-order valence-corrected chi connectivity index (χ1v) is 4.37. The number of guanidine groups is 1. The summed E-state index contributed by atoms with van der Waals surface area (Å²) in [5.41, 5.74) is 5.99. The number of nitrogens with zero attached hydrogens (tertiary/aromatic N) is 2. The third-order valence-corrected chi connectivity index (χ3v) is 1.70. The lowest BCUT2D eigenvalue weighted by Crippen LogP contribution is -2.27. The molecule has 0 unspecified atom stereocenters. The fraction of sp³-hybridized carbons (Fsp3) is 0.111. The smallest absolute Gasteiger partial charge is 0.367 e. The molecule has 0 aliphatic heterocycles. The van der Waals surface area contributed by atoms with E-state index in [2.05, 4.69) is 10.2 Å². The zero-order chi connectivity index (χ0) is 12.9. The summed E-state index contributed by atoms with van der Waals surface area (Å²) < 4.78 is 37.0. The molecule has 0 heterocycles. The Morgan fingerprint density at radius 3 is 2.71 bits per heavy atom. The van der Waals surface area contributed by atoms with Gasteiger partial charge in [-0.2, -0.15) is 18.3 Å². The van der Waals surface area contributed by atoms with Crippen LogP contribution >= 0.6 is 0 Å². The molecule has 1 aromatic rings. The van der Waals surface area contributed by atoms with E-state index in [1.165, 1.54) is 17.6 Å². The molecule has 0 radical (unpaired) electrons. The van der Waals surface area contributed by atoms with Crippen molar-refractivity contribution in [1.29, 1.82) is 0 Å². The number of benzene rings is 1. The van der Waals surface area contributed by atoms with Gasteiger partial charge in [0.15, 0.2) is 0 Å². The molecule has 0 atom stereocenters. The average Bonchev–Trinajstić information content (AvgIpc) is 2.28. The van der Waals surface area contributed by atoms with Crippen molar-refractivity contribution in [2.45, 2.75) is 6.18 Å². The second-order valence-corrected chi connectivity index (χ2v) is 2.96. The quantitative estimate of drug-likeness (QED) is 0.418. The molecule has 0 amide bonds. The van der Waals surface area contributed by atoms with Gasteiger partial charge < -0.3 is 5.73 Å². The molecule has 0 bridgehead atoms. The largest absolute Gasteiger partial charge is 0.416 e. The summed E-state index contributed by atoms with van der Waals surface area (Å²) >= 11 is 0. The van der Waals surface area contributed by atoms with Gasteiger partial charge in [0.2, 0.25) is 5.96 Å². The summed E-state index contributed by atoms with van der Waals surface area (Å²) in [6.45, 7) is 0. The van der Waals surface area contributed by atoms with Gasteiger partial charge in [0.25, 0.3) is 0 Å². The molecule has 0 aliphatic rings. The lowest BCUT2D eigenvalue weighted by molar-refractivity contribution is -0.137. The number of nitrogens with two attached hydrogens (primary N) is 1. The standard InChI is InChI=1S/C9H9F3N4O/c10-9(11,12)7-3-1-2-6(4-7)5-14-15-8(13)16-17/h1-5,17H,(H3,13,15,16)/b14-5+. The van der Waals surface area contributed by atoms with Gasteiger partial charge in [-0.15, -0.1) is 5.10 Å². The summed E-state index contributed by atoms with van der Waals surface area (Å²) in [7, 11) is 0. The molecule has 0 aliphatic carbocycles. The van der Waals surface area contributed by atoms with Crippen LogP contribution in [0.4, 0.5) is 13.2 Å². The Kier molecular flexibility index (Phi) is 4.05. The Hall–Kier alpha value is -2.09. The molecule has 92 valence electrons. The van der Waals surface area contributed by atoms with E-state index in [-0.39, 0.29) is 11.5 Å². The average molecular weight is 246 g/mol. The predicted molar refractivity (Wildman–Crippen MR) is 55.6 cm³/mol. The number of hydroxylamine groups is 1. The Morgan fingerprint density at radius 2 is 2.12 bits per heavy atom. The fourth-order valence-corrected chi connectivity index (χ4v) is 0.975. The Bertz CT molecular complexity index is 442. The maximum Gasteiger partial charge on any atom is 0.416 e. The van der Waals surface area contributed by atoms with Crippen LogP contribution in [-0.4, -0.2) is 17.4 Å². The second kappa shape index (κ2) is 5.30. The van der Waals surface area contributed by atoms with Crippen LogP contribution in [0.1, 0.15) is 11.1 Å². The van der Waals surface area contributed by atoms with E-state index in [0.29, 0.717) is 0 Å². The van der Waals surface area contributed by atoms with Gasteiger partial charge in [0.05, 0.1) is 11.8 Å². The van der Waals surface area contributed by atoms with Crippen LogP contribution in [0.25, 0.3) is 0 Å². The van der Waals surface area contributed by atoms with Crippen molar-refractivity contribution in [3.05, 3.63) is 35.4 Å². The van der Waals surface area contributed by atoms with Crippen molar-refractivity contribution in [2.24, 2.45) is 15.9 Å². The van der Waals surface area contributed by atoms with Crippen LogP contribution in [-0.2, 0) is 6.18 Å². The third-order valence-electron chi connectivity index (χ3n) is 1.70. The molecule has 5 nitrogen and oxygen atoms in total. The SMILES string of the molecule is NC(=N/N=C/c1cccc(C(F)(F)F)c1)NO. The molecule has 0 fully saturated rings. The molecule has 4 N–H and O–H groups in total. The minimum Gasteiger partial charge on any atom is -0.367 e. The van der Waals surface area contributed by atoms with Gasteiger partial charge in [0.1, 0.15) is 0 Å². The van der Waals surface area contributed by atoms with Crippen molar-refractivity contribution in [1.82, 2.24) is 5.48 Å². The number of alkyl halides is 3. The topological polar surface area (TPSA) is 83.0 Å². The fourth-order valence-electron chi connectivity index (χ4n) is 0.975. The number of hydrogen-bond acceptors (Lipinski definition) is 3. The Labute approximate surface area is 94.4 Å². The van der Waals surface area contributed by atoms with Crippen molar-refractivity contribution >= 4 is 12.2 Å². The van der Waals surface area contributed by atoms with Gasteiger partial charge in [-0.25, -0.2) is 5.48 Å². The molecule has 17 heavy (non-hydrogen) atoms. The minimum absolute atomic E-state index is 0.217. The summed E-state index contributed by atoms with van der Waals surface area (Å²) in [5.74, 6) is -0.367. The molecule has 0 spiro atoms. The Balaban J connectivity index is 2.87. The van der Waals surface area contributed by atoms with Crippen LogP contribution < -0.4 is 11.2 Å². The molecule has 0 saturated carbocycles. The van der Waals surface area contributed by atoms with Crippen LogP contribution in [0, 0.1) is 0 Å². The predicted octanol–water partition coefficient (Wildman–Crippen LogP) is 1.33. The number of hydrogen-bond donors (Lipinski definition) is 3. The van der Waals surface area contributed by atoms with E-state index in [0.717, 1.165) is 18.3 Å². The monoisotopic (exact) mass is 246 g/mol. The summed E-state index contributed by atoms with van der Waals surface area (Å²) in [4.78, 5) is 0. The normalized spacial score (nSPS) is 13.1. The molecular formula is C9H9F3N4O. The maximum atomic E-state index is 12.3. The van der Waals surface area contributed by atoms with E-state index in [9.17, 15) is 13.2 Å². The summed E-state index contributed by atoms with van der Waals surface area (Å²) in [6.07, 6.45) is -3.32. The highest BCUT2D eigenvalue weighted by atomic mass is 19.4. The third kappa shape index (κ3) is 4.11. The van der Waals surface area contributed by atoms with Crippen molar-refractivity contribution in [2.75, 3.05) is 0 Å². The zero-order valence-electron chi connectivity index (χ0n) is 8.44. The molecule has 8 heteroatoms. The second-order valence-electron chi connectivity index (χ2n) is 2.96. The van der Waals surface area contributed by atoms with Gasteiger partial charge in [0, 0.05) is 0 Å². The van der Waals surface area contributed by atoms with E-state index in [1.807, 2.05) is 0 Å². The Morgan fingerprint density at radius 1 is 1.41 bits per heavy atom. The highest BCUT2D eigenvalue weighted by Crippen LogP contribution is 2.29. The van der Waals surface area contributed by atoms with Gasteiger partial charge in [-0.3, -0.25) is 5.21 Å². The zero-order valence-corrected chi connectivity index (χ0v) is 8.44. The van der Waals surface area contributed by atoms with E-state index in [4.69, 9.17) is 10.9 Å². The van der Waals surface area contributed by atoms with Crippen molar-refractivity contribution < 1.29 is 18.4 Å². The van der Waals surface area contributed by atoms with Crippen molar-refractivity contribution in [3.8, 4) is 0 Å². The van der Waals surface area contributed by atoms with Gasteiger partial charge in [-0.1, -0.05) is 12.1 Å². The van der Waals surface area contributed by atoms with Crippen molar-refractivity contribution in [3.63, 3.8) is 0 Å². The molecule has 1 aromatic carbocycles. The van der Waals surface area contributed by atoms with Gasteiger partial charge >= 0.3 is 6.18 Å². The molecule has 0 saturated heterocycles. The van der Waals surface area contributed by atoms with Gasteiger partial charge in [-0.05, 0) is 17.7 Å². The van der Waals surface area contributed by atoms with Crippen LogP contribution in [0.2, 0.25) is 0 Å². The first-order chi connectivity index (χ1) is 7.93. The van der Waals surface area contributed by atoms with E-state index < -0.39 is 11.7 Å².